The van der Waals surface area contributed by atoms with Crippen molar-refractivity contribution in [1.82, 2.24) is 0 Å². The number of methoxy groups -OCH3 is 1. The predicted molar refractivity (Wildman–Crippen MR) is 67.4 cm³/mol. The van der Waals surface area contributed by atoms with Crippen LogP contribution in [0.4, 0.5) is 5.69 Å². The molecule has 0 saturated carbocycles. The molecule has 0 spiro atoms. The molecule has 0 bridgehead atoms. The van der Waals surface area contributed by atoms with Crippen molar-refractivity contribution in [3.05, 3.63) is 18.2 Å². The van der Waals surface area contributed by atoms with E-state index < -0.39 is 10.0 Å². The first-order valence-electron chi connectivity index (χ1n) is 4.92. The van der Waals surface area contributed by atoms with E-state index in [4.69, 9.17) is 16.3 Å². The van der Waals surface area contributed by atoms with Gasteiger partial charge in [-0.1, -0.05) is 0 Å². The molecule has 0 aromatic heterocycles. The third-order valence-corrected chi connectivity index (χ3v) is 3.64. The van der Waals surface area contributed by atoms with Crippen LogP contribution in [0.5, 0.6) is 11.5 Å². The van der Waals surface area contributed by atoms with E-state index in [1.54, 1.807) is 0 Å². The molecule has 0 unspecified atom stereocenters. The first kappa shape index (κ1) is 13.9. The van der Waals surface area contributed by atoms with Crippen LogP contribution in [-0.2, 0) is 10.0 Å². The first-order valence-corrected chi connectivity index (χ1v) is 7.10. The highest BCUT2D eigenvalue weighted by Gasteiger charge is 2.11. The second kappa shape index (κ2) is 5.97. The lowest BCUT2D eigenvalue weighted by Gasteiger charge is -2.09. The summed E-state index contributed by atoms with van der Waals surface area (Å²) in [6.07, 6.45) is 0.374. The molecule has 2 N–H and O–H groups in total. The highest BCUT2D eigenvalue weighted by atomic mass is 35.5. The highest BCUT2D eigenvalue weighted by molar-refractivity contribution is 7.92. The Morgan fingerprint density at radius 1 is 1.47 bits per heavy atom. The van der Waals surface area contributed by atoms with Crippen molar-refractivity contribution in [2.45, 2.75) is 6.42 Å². The van der Waals surface area contributed by atoms with Gasteiger partial charge in [0.25, 0.3) is 0 Å². The summed E-state index contributed by atoms with van der Waals surface area (Å²) in [5, 5.41) is 9.48. The smallest absolute Gasteiger partial charge is 0.232 e. The molecule has 0 saturated heterocycles. The van der Waals surface area contributed by atoms with Crippen LogP contribution in [0, 0.1) is 0 Å². The molecule has 17 heavy (non-hydrogen) atoms. The number of anilines is 1. The summed E-state index contributed by atoms with van der Waals surface area (Å²) in [4.78, 5) is 0. The van der Waals surface area contributed by atoms with Crippen LogP contribution in [0.3, 0.4) is 0 Å². The minimum absolute atomic E-state index is 0.0523. The number of sulfonamides is 1. The molecule has 5 nitrogen and oxygen atoms in total. The predicted octanol–water partition coefficient (Wildman–Crippen LogP) is 1.77. The molecular weight excluding hydrogens is 266 g/mol. The van der Waals surface area contributed by atoms with E-state index in [0.717, 1.165) is 0 Å². The maximum atomic E-state index is 11.5. The summed E-state index contributed by atoms with van der Waals surface area (Å²) in [6.45, 7) is 0. The Labute approximate surface area is 105 Å². The van der Waals surface area contributed by atoms with Gasteiger partial charge in [0.05, 0.1) is 18.6 Å². The molecule has 0 fully saturated rings. The number of hydrogen-bond donors (Lipinski definition) is 2. The average Bonchev–Trinajstić information content (AvgIpc) is 2.26. The molecule has 1 aromatic carbocycles. The molecule has 0 radical (unpaired) electrons. The quantitative estimate of drug-likeness (QED) is 0.778. The lowest BCUT2D eigenvalue weighted by molar-refractivity contribution is 0.373. The fraction of sp³-hybridized carbons (Fsp3) is 0.400. The molecule has 0 amide bonds. The third kappa shape index (κ3) is 4.32. The molecule has 96 valence electrons. The second-order valence-corrected chi connectivity index (χ2v) is 5.57. The number of benzene rings is 1. The Bertz CT molecular complexity index is 475. The van der Waals surface area contributed by atoms with E-state index in [1.807, 2.05) is 0 Å². The summed E-state index contributed by atoms with van der Waals surface area (Å²) in [6, 6.07) is 4.28. The van der Waals surface area contributed by atoms with Crippen LogP contribution in [0.1, 0.15) is 6.42 Å². The van der Waals surface area contributed by atoms with Crippen molar-refractivity contribution in [1.29, 1.82) is 0 Å². The Kier molecular flexibility index (Phi) is 4.89. The molecular formula is C10H14ClNO4S. The van der Waals surface area contributed by atoms with Crippen LogP contribution in [0.15, 0.2) is 18.2 Å². The number of phenolic OH excluding ortho intramolecular Hbond substituents is 1. The lowest BCUT2D eigenvalue weighted by atomic mass is 10.3. The Morgan fingerprint density at radius 2 is 2.18 bits per heavy atom. The topological polar surface area (TPSA) is 75.6 Å². The van der Waals surface area contributed by atoms with Gasteiger partial charge in [-0.15, -0.1) is 11.6 Å². The second-order valence-electron chi connectivity index (χ2n) is 3.35. The first-order chi connectivity index (χ1) is 7.98. The number of rotatable bonds is 6. The molecule has 0 atom stereocenters. The molecule has 1 rings (SSSR count). The minimum Gasteiger partial charge on any atom is -0.504 e. The van der Waals surface area contributed by atoms with Gasteiger partial charge in [0.2, 0.25) is 10.0 Å². The number of phenols is 1. The van der Waals surface area contributed by atoms with E-state index in [-0.39, 0.29) is 28.8 Å². The fourth-order valence-corrected chi connectivity index (χ4v) is 2.63. The van der Waals surface area contributed by atoms with E-state index in [1.165, 1.54) is 25.3 Å². The Balaban J connectivity index is 2.78. The fourth-order valence-electron chi connectivity index (χ4n) is 1.23. The van der Waals surface area contributed by atoms with Gasteiger partial charge in [0.15, 0.2) is 11.5 Å². The van der Waals surface area contributed by atoms with E-state index in [9.17, 15) is 13.5 Å². The Hall–Kier alpha value is -1.14. The van der Waals surface area contributed by atoms with Crippen LogP contribution < -0.4 is 9.46 Å². The summed E-state index contributed by atoms with van der Waals surface area (Å²) in [5.41, 5.74) is 0.290. The minimum atomic E-state index is -3.42. The third-order valence-electron chi connectivity index (χ3n) is 2.00. The number of aromatic hydroxyl groups is 1. The van der Waals surface area contributed by atoms with E-state index >= 15 is 0 Å². The van der Waals surface area contributed by atoms with Gasteiger partial charge in [-0.25, -0.2) is 8.42 Å². The van der Waals surface area contributed by atoms with E-state index in [2.05, 4.69) is 4.72 Å². The molecule has 0 aliphatic carbocycles. The van der Waals surface area contributed by atoms with Gasteiger partial charge in [0, 0.05) is 11.9 Å². The monoisotopic (exact) mass is 279 g/mol. The van der Waals surface area contributed by atoms with Gasteiger partial charge >= 0.3 is 0 Å². The van der Waals surface area contributed by atoms with E-state index in [0.29, 0.717) is 6.42 Å². The molecule has 1 aromatic rings. The zero-order valence-electron chi connectivity index (χ0n) is 9.31. The summed E-state index contributed by atoms with van der Waals surface area (Å²) in [5.74, 6) is 0.400. The number of alkyl halides is 1. The summed E-state index contributed by atoms with van der Waals surface area (Å²) >= 11 is 5.43. The summed E-state index contributed by atoms with van der Waals surface area (Å²) < 4.78 is 30.3. The summed E-state index contributed by atoms with van der Waals surface area (Å²) in [7, 11) is -2.00. The Morgan fingerprint density at radius 3 is 2.71 bits per heavy atom. The van der Waals surface area contributed by atoms with Gasteiger partial charge < -0.3 is 9.84 Å². The van der Waals surface area contributed by atoms with Crippen LogP contribution >= 0.6 is 11.6 Å². The number of halogens is 1. The maximum absolute atomic E-state index is 11.5. The van der Waals surface area contributed by atoms with Crippen molar-refractivity contribution in [2.75, 3.05) is 23.5 Å². The standard InChI is InChI=1S/C10H14ClNO4S/c1-16-10-4-3-8(7-9(10)13)12-17(14,15)6-2-5-11/h3-4,7,12-13H,2,5-6H2,1H3. The van der Waals surface area contributed by atoms with Gasteiger partial charge in [-0.3, -0.25) is 4.72 Å². The largest absolute Gasteiger partial charge is 0.504 e. The van der Waals surface area contributed by atoms with Crippen LogP contribution in [0.2, 0.25) is 0 Å². The number of ether oxygens (including phenoxy) is 1. The van der Waals surface area contributed by atoms with Crippen molar-refractivity contribution in [2.24, 2.45) is 0 Å². The van der Waals surface area contributed by atoms with Gasteiger partial charge in [-0.05, 0) is 18.6 Å². The van der Waals surface area contributed by atoms with Crippen molar-refractivity contribution in [3.8, 4) is 11.5 Å². The van der Waals surface area contributed by atoms with Crippen molar-refractivity contribution < 1.29 is 18.3 Å². The van der Waals surface area contributed by atoms with Gasteiger partial charge in [-0.2, -0.15) is 0 Å². The molecule has 7 heteroatoms. The van der Waals surface area contributed by atoms with Crippen LogP contribution in [0.25, 0.3) is 0 Å². The zero-order chi connectivity index (χ0) is 12.9. The normalized spacial score (nSPS) is 11.2. The van der Waals surface area contributed by atoms with Crippen molar-refractivity contribution >= 4 is 27.3 Å². The maximum Gasteiger partial charge on any atom is 0.232 e. The lowest BCUT2D eigenvalue weighted by Crippen LogP contribution is -2.16. The molecule has 0 aliphatic heterocycles. The highest BCUT2D eigenvalue weighted by Crippen LogP contribution is 2.28. The van der Waals surface area contributed by atoms with Crippen LogP contribution in [-0.4, -0.2) is 32.3 Å². The molecule has 0 heterocycles. The molecule has 0 aliphatic rings. The number of hydrogen-bond acceptors (Lipinski definition) is 4. The van der Waals surface area contributed by atoms with Crippen molar-refractivity contribution in [3.63, 3.8) is 0 Å². The number of nitrogens with one attached hydrogen (secondary N) is 1. The zero-order valence-corrected chi connectivity index (χ0v) is 10.9. The van der Waals surface area contributed by atoms with Gasteiger partial charge in [0.1, 0.15) is 0 Å². The average molecular weight is 280 g/mol. The SMILES string of the molecule is COc1ccc(NS(=O)(=O)CCCCl)cc1O.